The molecule has 0 saturated carbocycles. The zero-order chi connectivity index (χ0) is 11.0. The Labute approximate surface area is 94.6 Å². The van der Waals surface area contributed by atoms with Crippen molar-refractivity contribution in [3.05, 3.63) is 11.3 Å². The summed E-state index contributed by atoms with van der Waals surface area (Å²) in [6.45, 7) is 3.40. The molecule has 0 atom stereocenters. The molecule has 86 valence electrons. The molecule has 1 aromatic heterocycles. The van der Waals surface area contributed by atoms with Crippen LogP contribution in [0.3, 0.4) is 0 Å². The van der Waals surface area contributed by atoms with E-state index in [0.717, 1.165) is 43.3 Å². The zero-order valence-electron chi connectivity index (χ0n) is 9.28. The Morgan fingerprint density at radius 1 is 1.19 bits per heavy atom. The lowest BCUT2D eigenvalue weighted by Crippen LogP contribution is -2.24. The zero-order valence-corrected chi connectivity index (χ0v) is 9.28. The van der Waals surface area contributed by atoms with Crippen LogP contribution in [0.1, 0.15) is 24.1 Å². The first-order valence-corrected chi connectivity index (χ1v) is 5.82. The van der Waals surface area contributed by atoms with Gasteiger partial charge in [0.15, 0.2) is 0 Å². The molecule has 1 fully saturated rings. The van der Waals surface area contributed by atoms with Gasteiger partial charge in [0, 0.05) is 25.1 Å². The van der Waals surface area contributed by atoms with Gasteiger partial charge in [-0.05, 0) is 12.8 Å². The van der Waals surface area contributed by atoms with Crippen molar-refractivity contribution >= 4 is 11.8 Å². The van der Waals surface area contributed by atoms with E-state index in [-0.39, 0.29) is 0 Å². The number of ether oxygens (including phenoxy) is 1. The Balaban J connectivity index is 1.97. The SMILES string of the molecule is Nc1nc(N2CCCC2)nc2c1COCC2. The van der Waals surface area contributed by atoms with Crippen LogP contribution in [-0.4, -0.2) is 29.7 Å². The fourth-order valence-electron chi connectivity index (χ4n) is 2.30. The van der Waals surface area contributed by atoms with Crippen LogP contribution in [0, 0.1) is 0 Å². The quantitative estimate of drug-likeness (QED) is 0.756. The van der Waals surface area contributed by atoms with E-state index in [9.17, 15) is 0 Å². The molecule has 16 heavy (non-hydrogen) atoms. The minimum absolute atomic E-state index is 0.557. The van der Waals surface area contributed by atoms with E-state index in [2.05, 4.69) is 14.9 Å². The molecule has 0 radical (unpaired) electrons. The predicted octanol–water partition coefficient (Wildman–Crippen LogP) is 0.732. The second-order valence-electron chi connectivity index (χ2n) is 4.33. The fourth-order valence-corrected chi connectivity index (χ4v) is 2.30. The lowest BCUT2D eigenvalue weighted by molar-refractivity contribution is 0.109. The summed E-state index contributed by atoms with van der Waals surface area (Å²) in [5, 5.41) is 0. The van der Waals surface area contributed by atoms with Gasteiger partial charge >= 0.3 is 0 Å². The first-order chi connectivity index (χ1) is 7.84. The highest BCUT2D eigenvalue weighted by Gasteiger charge is 2.20. The molecule has 3 heterocycles. The minimum atomic E-state index is 0.557. The largest absolute Gasteiger partial charge is 0.383 e. The van der Waals surface area contributed by atoms with Gasteiger partial charge in [-0.25, -0.2) is 4.98 Å². The molecule has 1 saturated heterocycles. The van der Waals surface area contributed by atoms with Crippen LogP contribution >= 0.6 is 0 Å². The van der Waals surface area contributed by atoms with E-state index in [4.69, 9.17) is 10.5 Å². The third-order valence-electron chi connectivity index (χ3n) is 3.23. The van der Waals surface area contributed by atoms with E-state index in [1.165, 1.54) is 12.8 Å². The standard InChI is InChI=1S/C11H16N4O/c12-10-8-7-16-6-3-9(8)13-11(14-10)15-4-1-2-5-15/h1-7H2,(H2,12,13,14). The van der Waals surface area contributed by atoms with E-state index in [1.54, 1.807) is 0 Å². The van der Waals surface area contributed by atoms with Crippen LogP contribution in [0.4, 0.5) is 11.8 Å². The topological polar surface area (TPSA) is 64.3 Å². The van der Waals surface area contributed by atoms with Gasteiger partial charge in [-0.15, -0.1) is 0 Å². The highest BCUT2D eigenvalue weighted by molar-refractivity contribution is 5.48. The van der Waals surface area contributed by atoms with Gasteiger partial charge in [0.1, 0.15) is 5.82 Å². The molecule has 2 aliphatic rings. The number of fused-ring (bicyclic) bond motifs is 1. The maximum Gasteiger partial charge on any atom is 0.227 e. The first-order valence-electron chi connectivity index (χ1n) is 5.82. The van der Waals surface area contributed by atoms with Crippen molar-refractivity contribution in [2.75, 3.05) is 30.3 Å². The normalized spacial score (nSPS) is 19.9. The van der Waals surface area contributed by atoms with Gasteiger partial charge in [-0.3, -0.25) is 0 Å². The molecule has 0 unspecified atom stereocenters. The van der Waals surface area contributed by atoms with Gasteiger partial charge in [0.2, 0.25) is 5.95 Å². The van der Waals surface area contributed by atoms with Gasteiger partial charge in [-0.2, -0.15) is 4.98 Å². The van der Waals surface area contributed by atoms with E-state index in [1.807, 2.05) is 0 Å². The van der Waals surface area contributed by atoms with Crippen molar-refractivity contribution in [2.24, 2.45) is 0 Å². The molecule has 0 aliphatic carbocycles. The summed E-state index contributed by atoms with van der Waals surface area (Å²) < 4.78 is 5.37. The summed E-state index contributed by atoms with van der Waals surface area (Å²) in [7, 11) is 0. The molecule has 1 aromatic rings. The molecule has 0 amide bonds. The minimum Gasteiger partial charge on any atom is -0.383 e. The average molecular weight is 220 g/mol. The predicted molar refractivity (Wildman–Crippen MR) is 61.3 cm³/mol. The van der Waals surface area contributed by atoms with Crippen molar-refractivity contribution in [1.29, 1.82) is 0 Å². The number of nitrogen functional groups attached to an aromatic ring is 1. The Bertz CT molecular complexity index is 401. The lowest BCUT2D eigenvalue weighted by atomic mass is 10.1. The van der Waals surface area contributed by atoms with Crippen molar-refractivity contribution in [1.82, 2.24) is 9.97 Å². The molecule has 2 N–H and O–H groups in total. The monoisotopic (exact) mass is 220 g/mol. The van der Waals surface area contributed by atoms with Gasteiger partial charge in [-0.1, -0.05) is 0 Å². The number of nitrogens with zero attached hydrogens (tertiary/aromatic N) is 3. The average Bonchev–Trinajstić information content (AvgIpc) is 2.82. The van der Waals surface area contributed by atoms with Crippen molar-refractivity contribution in [3.8, 4) is 0 Å². The van der Waals surface area contributed by atoms with E-state index < -0.39 is 0 Å². The summed E-state index contributed by atoms with van der Waals surface area (Å²) in [6, 6.07) is 0. The van der Waals surface area contributed by atoms with E-state index in [0.29, 0.717) is 12.4 Å². The maximum absolute atomic E-state index is 5.95. The summed E-state index contributed by atoms with van der Waals surface area (Å²) in [5.74, 6) is 1.39. The van der Waals surface area contributed by atoms with Crippen LogP contribution in [0.25, 0.3) is 0 Å². The Morgan fingerprint density at radius 3 is 2.81 bits per heavy atom. The van der Waals surface area contributed by atoms with Gasteiger partial charge in [0.25, 0.3) is 0 Å². The Morgan fingerprint density at radius 2 is 2.00 bits per heavy atom. The molecule has 0 spiro atoms. The van der Waals surface area contributed by atoms with Gasteiger partial charge < -0.3 is 15.4 Å². The molecular weight excluding hydrogens is 204 g/mol. The van der Waals surface area contributed by atoms with Crippen LogP contribution < -0.4 is 10.6 Å². The van der Waals surface area contributed by atoms with Crippen molar-refractivity contribution in [2.45, 2.75) is 25.9 Å². The molecule has 5 heteroatoms. The van der Waals surface area contributed by atoms with Crippen LogP contribution in [0.2, 0.25) is 0 Å². The van der Waals surface area contributed by atoms with Crippen LogP contribution in [0.15, 0.2) is 0 Å². The highest BCUT2D eigenvalue weighted by Crippen LogP contribution is 2.24. The number of hydrogen-bond donors (Lipinski definition) is 1. The van der Waals surface area contributed by atoms with Crippen molar-refractivity contribution < 1.29 is 4.74 Å². The fraction of sp³-hybridized carbons (Fsp3) is 0.636. The van der Waals surface area contributed by atoms with Crippen molar-refractivity contribution in [3.63, 3.8) is 0 Å². The lowest BCUT2D eigenvalue weighted by Gasteiger charge is -2.21. The third kappa shape index (κ3) is 1.61. The summed E-state index contributed by atoms with van der Waals surface area (Å²) in [6.07, 6.45) is 3.30. The maximum atomic E-state index is 5.95. The van der Waals surface area contributed by atoms with Crippen LogP contribution in [-0.2, 0) is 17.8 Å². The number of hydrogen-bond acceptors (Lipinski definition) is 5. The summed E-state index contributed by atoms with van der Waals surface area (Å²) in [4.78, 5) is 11.2. The molecule has 0 bridgehead atoms. The smallest absolute Gasteiger partial charge is 0.227 e. The van der Waals surface area contributed by atoms with E-state index >= 15 is 0 Å². The summed E-state index contributed by atoms with van der Waals surface area (Å²) in [5.41, 5.74) is 8.00. The number of anilines is 2. The molecule has 0 aromatic carbocycles. The molecular formula is C11H16N4O. The second kappa shape index (κ2) is 3.90. The number of rotatable bonds is 1. The highest BCUT2D eigenvalue weighted by atomic mass is 16.5. The summed E-state index contributed by atoms with van der Waals surface area (Å²) >= 11 is 0. The van der Waals surface area contributed by atoms with Gasteiger partial charge in [0.05, 0.1) is 18.9 Å². The number of nitrogens with two attached hydrogens (primary N) is 1. The molecule has 2 aliphatic heterocycles. The Hall–Kier alpha value is -1.36. The third-order valence-corrected chi connectivity index (χ3v) is 3.23. The second-order valence-corrected chi connectivity index (χ2v) is 4.33. The first kappa shape index (κ1) is 9.84. The number of aromatic nitrogens is 2. The molecule has 3 rings (SSSR count). The molecule has 5 nitrogen and oxygen atoms in total. The Kier molecular flexibility index (Phi) is 2.40. The van der Waals surface area contributed by atoms with Crippen LogP contribution in [0.5, 0.6) is 0 Å².